The second kappa shape index (κ2) is 5.80. The van der Waals surface area contributed by atoms with Gasteiger partial charge in [-0.05, 0) is 12.5 Å². The molecule has 8 nitrogen and oxygen atoms in total. The van der Waals surface area contributed by atoms with Gasteiger partial charge in [0.05, 0.1) is 22.5 Å². The Labute approximate surface area is 109 Å². The van der Waals surface area contributed by atoms with Crippen molar-refractivity contribution in [3.05, 3.63) is 40.7 Å². The molecule has 0 amide bonds. The number of nitro groups is 1. The summed E-state index contributed by atoms with van der Waals surface area (Å²) >= 11 is 0. The topological polar surface area (TPSA) is 112 Å². The lowest BCUT2D eigenvalue weighted by atomic mass is 10.2. The molecule has 0 radical (unpaired) electrons. The Morgan fingerprint density at radius 1 is 1.47 bits per heavy atom. The quantitative estimate of drug-likeness (QED) is 0.351. The van der Waals surface area contributed by atoms with Gasteiger partial charge in [0.2, 0.25) is 0 Å². The maximum atomic E-state index is 10.6. The molecule has 1 aromatic carbocycles. The Morgan fingerprint density at radius 3 is 2.95 bits per heavy atom. The highest BCUT2D eigenvalue weighted by Gasteiger charge is 2.07. The van der Waals surface area contributed by atoms with Crippen LogP contribution in [0.4, 0.5) is 17.1 Å². The standard InChI is InChI=1S/C11H14N6O2/c12-10-8-9(17(18)19)2-3-11(10)13-4-1-6-16-7-5-14-15-16/h2-3,5,7-8,13H,1,4,6,12H2. The van der Waals surface area contributed by atoms with Crippen LogP contribution in [0.5, 0.6) is 0 Å². The number of hydrogen-bond donors (Lipinski definition) is 2. The molecule has 0 bridgehead atoms. The third-order valence-corrected chi connectivity index (χ3v) is 2.60. The molecule has 0 aliphatic rings. The van der Waals surface area contributed by atoms with Crippen LogP contribution >= 0.6 is 0 Å². The van der Waals surface area contributed by atoms with E-state index in [0.717, 1.165) is 13.0 Å². The summed E-state index contributed by atoms with van der Waals surface area (Å²) in [5.41, 5.74) is 6.80. The largest absolute Gasteiger partial charge is 0.397 e. The number of aromatic nitrogens is 3. The monoisotopic (exact) mass is 262 g/mol. The number of nitrogens with two attached hydrogens (primary N) is 1. The van der Waals surface area contributed by atoms with E-state index >= 15 is 0 Å². The maximum absolute atomic E-state index is 10.6. The van der Waals surface area contributed by atoms with Crippen molar-refractivity contribution in [2.75, 3.05) is 17.6 Å². The van der Waals surface area contributed by atoms with Gasteiger partial charge in [-0.3, -0.25) is 14.8 Å². The van der Waals surface area contributed by atoms with Crippen LogP contribution in [0.3, 0.4) is 0 Å². The first-order valence-corrected chi connectivity index (χ1v) is 5.78. The first-order chi connectivity index (χ1) is 9.16. The first kappa shape index (κ1) is 12.8. The second-order valence-corrected chi connectivity index (χ2v) is 3.98. The van der Waals surface area contributed by atoms with Crippen LogP contribution in [0.1, 0.15) is 6.42 Å². The summed E-state index contributed by atoms with van der Waals surface area (Å²) in [6, 6.07) is 4.39. The smallest absolute Gasteiger partial charge is 0.271 e. The SMILES string of the molecule is Nc1cc([N+](=O)[O-])ccc1NCCCn1ccnn1. The van der Waals surface area contributed by atoms with Crippen LogP contribution in [0.25, 0.3) is 0 Å². The van der Waals surface area contributed by atoms with Crippen molar-refractivity contribution >= 4 is 17.1 Å². The van der Waals surface area contributed by atoms with Gasteiger partial charge in [-0.15, -0.1) is 5.10 Å². The van der Waals surface area contributed by atoms with E-state index in [2.05, 4.69) is 15.6 Å². The molecule has 0 saturated heterocycles. The lowest BCUT2D eigenvalue weighted by Gasteiger charge is -2.08. The van der Waals surface area contributed by atoms with Crippen LogP contribution < -0.4 is 11.1 Å². The van der Waals surface area contributed by atoms with Gasteiger partial charge in [-0.2, -0.15) is 0 Å². The average molecular weight is 262 g/mol. The maximum Gasteiger partial charge on any atom is 0.271 e. The zero-order chi connectivity index (χ0) is 13.7. The Hall–Kier alpha value is -2.64. The number of rotatable bonds is 6. The van der Waals surface area contributed by atoms with Crippen LogP contribution in [0.2, 0.25) is 0 Å². The van der Waals surface area contributed by atoms with E-state index < -0.39 is 4.92 Å². The predicted octanol–water partition coefficient (Wildman–Crippen LogP) is 1.27. The van der Waals surface area contributed by atoms with Gasteiger partial charge in [0.25, 0.3) is 5.69 Å². The van der Waals surface area contributed by atoms with Gasteiger partial charge in [0, 0.05) is 31.4 Å². The van der Waals surface area contributed by atoms with Crippen LogP contribution in [-0.2, 0) is 6.54 Å². The summed E-state index contributed by atoms with van der Waals surface area (Å²) in [4.78, 5) is 10.1. The molecular formula is C11H14N6O2. The van der Waals surface area contributed by atoms with Crippen molar-refractivity contribution in [2.24, 2.45) is 0 Å². The molecule has 1 aromatic heterocycles. The average Bonchev–Trinajstić information content (AvgIpc) is 2.89. The number of nitrogen functional groups attached to an aromatic ring is 1. The third-order valence-electron chi connectivity index (χ3n) is 2.60. The lowest BCUT2D eigenvalue weighted by Crippen LogP contribution is -2.08. The second-order valence-electron chi connectivity index (χ2n) is 3.98. The van der Waals surface area contributed by atoms with Gasteiger partial charge in [-0.25, -0.2) is 0 Å². The molecule has 2 rings (SSSR count). The molecule has 19 heavy (non-hydrogen) atoms. The highest BCUT2D eigenvalue weighted by Crippen LogP contribution is 2.23. The summed E-state index contributed by atoms with van der Waals surface area (Å²) < 4.78 is 1.74. The van der Waals surface area contributed by atoms with Crippen molar-refractivity contribution in [3.8, 4) is 0 Å². The zero-order valence-corrected chi connectivity index (χ0v) is 10.2. The van der Waals surface area contributed by atoms with Gasteiger partial charge >= 0.3 is 0 Å². The highest BCUT2D eigenvalue weighted by molar-refractivity contribution is 5.69. The van der Waals surface area contributed by atoms with Crippen LogP contribution in [0.15, 0.2) is 30.6 Å². The van der Waals surface area contributed by atoms with E-state index in [1.807, 2.05) is 0 Å². The molecule has 0 aliphatic heterocycles. The van der Waals surface area contributed by atoms with E-state index in [-0.39, 0.29) is 5.69 Å². The van der Waals surface area contributed by atoms with Gasteiger partial charge in [0.1, 0.15) is 0 Å². The molecule has 100 valence electrons. The third kappa shape index (κ3) is 3.41. The Morgan fingerprint density at radius 2 is 2.32 bits per heavy atom. The number of hydrogen-bond acceptors (Lipinski definition) is 6. The van der Waals surface area contributed by atoms with Crippen molar-refractivity contribution < 1.29 is 4.92 Å². The molecular weight excluding hydrogens is 248 g/mol. The van der Waals surface area contributed by atoms with E-state index in [9.17, 15) is 10.1 Å². The Kier molecular flexibility index (Phi) is 3.91. The molecule has 0 unspecified atom stereocenters. The number of nitrogens with one attached hydrogen (secondary N) is 1. The van der Waals surface area contributed by atoms with Crippen molar-refractivity contribution in [3.63, 3.8) is 0 Å². The molecule has 0 fully saturated rings. The normalized spacial score (nSPS) is 10.3. The fourth-order valence-electron chi connectivity index (χ4n) is 1.64. The van der Waals surface area contributed by atoms with Crippen molar-refractivity contribution in [2.45, 2.75) is 13.0 Å². The number of aryl methyl sites for hydroxylation is 1. The lowest BCUT2D eigenvalue weighted by molar-refractivity contribution is -0.384. The highest BCUT2D eigenvalue weighted by atomic mass is 16.6. The van der Waals surface area contributed by atoms with E-state index in [0.29, 0.717) is 17.9 Å². The summed E-state index contributed by atoms with van der Waals surface area (Å²) in [6.07, 6.45) is 4.27. The number of anilines is 2. The molecule has 0 atom stereocenters. The zero-order valence-electron chi connectivity index (χ0n) is 10.2. The van der Waals surface area contributed by atoms with Gasteiger partial charge in [0.15, 0.2) is 0 Å². The molecule has 1 heterocycles. The predicted molar refractivity (Wildman–Crippen MR) is 70.6 cm³/mol. The van der Waals surface area contributed by atoms with Gasteiger partial charge in [-0.1, -0.05) is 5.21 Å². The summed E-state index contributed by atoms with van der Waals surface area (Å²) in [5.74, 6) is 0. The molecule has 3 N–H and O–H groups in total. The number of nitro benzene ring substituents is 1. The summed E-state index contributed by atoms with van der Waals surface area (Å²) in [5, 5.41) is 21.3. The molecule has 2 aromatic rings. The van der Waals surface area contributed by atoms with Crippen molar-refractivity contribution in [1.82, 2.24) is 15.0 Å². The van der Waals surface area contributed by atoms with Crippen LogP contribution in [-0.4, -0.2) is 26.5 Å². The molecule has 8 heteroatoms. The fraction of sp³-hybridized carbons (Fsp3) is 0.273. The number of non-ortho nitro benzene ring substituents is 1. The Balaban J connectivity index is 1.84. The van der Waals surface area contributed by atoms with Crippen molar-refractivity contribution in [1.29, 1.82) is 0 Å². The summed E-state index contributed by atoms with van der Waals surface area (Å²) in [6.45, 7) is 1.45. The Bertz CT molecular complexity index is 554. The van der Waals surface area contributed by atoms with E-state index in [1.54, 1.807) is 23.1 Å². The molecule has 0 saturated carbocycles. The number of nitrogens with zero attached hydrogens (tertiary/aromatic N) is 4. The number of benzene rings is 1. The van der Waals surface area contributed by atoms with E-state index in [4.69, 9.17) is 5.73 Å². The minimum absolute atomic E-state index is 0.00864. The minimum atomic E-state index is -0.467. The molecule has 0 aliphatic carbocycles. The van der Waals surface area contributed by atoms with E-state index in [1.165, 1.54) is 12.1 Å². The fourth-order valence-corrected chi connectivity index (χ4v) is 1.64. The minimum Gasteiger partial charge on any atom is -0.397 e. The van der Waals surface area contributed by atoms with Gasteiger partial charge < -0.3 is 11.1 Å². The molecule has 0 spiro atoms. The van der Waals surface area contributed by atoms with Crippen LogP contribution in [0, 0.1) is 10.1 Å². The summed E-state index contributed by atoms with van der Waals surface area (Å²) in [7, 11) is 0. The first-order valence-electron chi connectivity index (χ1n) is 5.78.